The second kappa shape index (κ2) is 14.8. The molecule has 0 amide bonds. The van der Waals surface area contributed by atoms with Crippen LogP contribution in [0.2, 0.25) is 0 Å². The van der Waals surface area contributed by atoms with Crippen molar-refractivity contribution in [1.29, 1.82) is 0 Å². The first-order valence-electron chi connectivity index (χ1n) is 11.5. The molecule has 3 atom stereocenters. The maximum absolute atomic E-state index is 10.1. The predicted molar refractivity (Wildman–Crippen MR) is 116 cm³/mol. The first-order chi connectivity index (χ1) is 13.8. The van der Waals surface area contributed by atoms with Gasteiger partial charge in [-0.25, -0.2) is 0 Å². The van der Waals surface area contributed by atoms with Crippen LogP contribution in [-0.2, 0) is 9.47 Å². The van der Waals surface area contributed by atoms with Gasteiger partial charge >= 0.3 is 0 Å². The van der Waals surface area contributed by atoms with Crippen LogP contribution in [0, 0.1) is 0 Å². The van der Waals surface area contributed by atoms with E-state index < -0.39 is 6.10 Å². The van der Waals surface area contributed by atoms with Crippen LogP contribution in [0.25, 0.3) is 0 Å². The Kier molecular flexibility index (Phi) is 12.2. The van der Waals surface area contributed by atoms with Gasteiger partial charge in [-0.1, -0.05) is 114 Å². The predicted octanol–water partition coefficient (Wildman–Crippen LogP) is 6.72. The highest BCUT2D eigenvalue weighted by molar-refractivity contribution is 5.16. The van der Waals surface area contributed by atoms with Crippen molar-refractivity contribution in [3.8, 4) is 0 Å². The average Bonchev–Trinajstić information content (AvgIpc) is 2.73. The molecule has 1 heterocycles. The van der Waals surface area contributed by atoms with Crippen LogP contribution in [0.4, 0.5) is 0 Å². The number of aliphatic hydroxyl groups excluding tert-OH is 1. The Morgan fingerprint density at radius 1 is 0.893 bits per heavy atom. The second-order valence-corrected chi connectivity index (χ2v) is 8.00. The summed E-state index contributed by atoms with van der Waals surface area (Å²) in [6.07, 6.45) is 19.0. The molecule has 1 saturated heterocycles. The van der Waals surface area contributed by atoms with Gasteiger partial charge in [0, 0.05) is 5.56 Å². The molecule has 1 aromatic carbocycles. The van der Waals surface area contributed by atoms with Crippen LogP contribution < -0.4 is 0 Å². The van der Waals surface area contributed by atoms with E-state index in [9.17, 15) is 5.11 Å². The number of hydrogen-bond donors (Lipinski definition) is 1. The quantitative estimate of drug-likeness (QED) is 0.284. The van der Waals surface area contributed by atoms with E-state index in [2.05, 4.69) is 13.0 Å². The lowest BCUT2D eigenvalue weighted by atomic mass is 10.0. The molecular formula is C25H40O3. The van der Waals surface area contributed by atoms with Crippen molar-refractivity contribution in [1.82, 2.24) is 0 Å². The van der Waals surface area contributed by atoms with E-state index in [4.69, 9.17) is 9.47 Å². The van der Waals surface area contributed by atoms with Crippen molar-refractivity contribution in [2.75, 3.05) is 6.61 Å². The first kappa shape index (κ1) is 23.1. The summed E-state index contributed by atoms with van der Waals surface area (Å²) in [5.41, 5.74) is 0.998. The van der Waals surface area contributed by atoms with E-state index >= 15 is 0 Å². The van der Waals surface area contributed by atoms with Gasteiger partial charge in [0.15, 0.2) is 6.29 Å². The van der Waals surface area contributed by atoms with Gasteiger partial charge in [0.25, 0.3) is 0 Å². The van der Waals surface area contributed by atoms with Gasteiger partial charge in [0.2, 0.25) is 0 Å². The molecule has 1 aliphatic rings. The maximum Gasteiger partial charge on any atom is 0.184 e. The van der Waals surface area contributed by atoms with Gasteiger partial charge < -0.3 is 14.6 Å². The number of benzene rings is 1. The molecule has 3 heteroatoms. The molecule has 158 valence electrons. The number of hydrogen-bond acceptors (Lipinski definition) is 3. The monoisotopic (exact) mass is 388 g/mol. The molecule has 1 fully saturated rings. The molecule has 0 bridgehead atoms. The number of allylic oxidation sites excluding steroid dienone is 1. The number of unbranched alkanes of at least 4 members (excludes halogenated alkanes) is 11. The molecule has 0 spiro atoms. The minimum atomic E-state index is -0.589. The molecule has 0 aliphatic carbocycles. The molecule has 0 aromatic heterocycles. The highest BCUT2D eigenvalue weighted by atomic mass is 16.7. The van der Waals surface area contributed by atoms with Gasteiger partial charge in [-0.15, -0.1) is 0 Å². The van der Waals surface area contributed by atoms with Gasteiger partial charge in [0.1, 0.15) is 12.2 Å². The van der Waals surface area contributed by atoms with Crippen LogP contribution in [-0.4, -0.2) is 23.9 Å². The average molecular weight is 389 g/mol. The smallest absolute Gasteiger partial charge is 0.184 e. The molecule has 1 aliphatic heterocycles. The Balaban J connectivity index is 1.51. The Morgan fingerprint density at radius 3 is 2.14 bits per heavy atom. The summed E-state index contributed by atoms with van der Waals surface area (Å²) >= 11 is 0. The molecule has 1 N–H and O–H groups in total. The van der Waals surface area contributed by atoms with Crippen LogP contribution in [0.1, 0.15) is 95.8 Å². The topological polar surface area (TPSA) is 38.7 Å². The third-order valence-corrected chi connectivity index (χ3v) is 5.45. The van der Waals surface area contributed by atoms with Gasteiger partial charge in [0.05, 0.1) is 6.61 Å². The summed E-state index contributed by atoms with van der Waals surface area (Å²) in [6.45, 7) is 2.59. The maximum atomic E-state index is 10.1. The molecule has 2 rings (SSSR count). The highest BCUT2D eigenvalue weighted by Gasteiger charge is 2.29. The summed E-state index contributed by atoms with van der Waals surface area (Å²) in [7, 11) is 0. The molecule has 1 aromatic rings. The third-order valence-electron chi connectivity index (χ3n) is 5.45. The van der Waals surface area contributed by atoms with Crippen molar-refractivity contribution in [3.63, 3.8) is 0 Å². The normalized spacial score (nSPS) is 22.7. The van der Waals surface area contributed by atoms with E-state index in [1.807, 2.05) is 36.4 Å². The van der Waals surface area contributed by atoms with E-state index in [0.29, 0.717) is 6.61 Å². The summed E-state index contributed by atoms with van der Waals surface area (Å²) in [5, 5.41) is 10.1. The fourth-order valence-corrected chi connectivity index (χ4v) is 3.67. The lowest BCUT2D eigenvalue weighted by Gasteiger charge is -2.32. The van der Waals surface area contributed by atoms with E-state index in [1.165, 1.54) is 70.6 Å². The van der Waals surface area contributed by atoms with Crippen molar-refractivity contribution in [2.45, 2.75) is 102 Å². The van der Waals surface area contributed by atoms with E-state index in [0.717, 1.165) is 12.0 Å². The van der Waals surface area contributed by atoms with E-state index in [-0.39, 0.29) is 12.4 Å². The Bertz CT molecular complexity index is 514. The zero-order valence-electron chi connectivity index (χ0n) is 17.7. The summed E-state index contributed by atoms with van der Waals surface area (Å²) in [6, 6.07) is 9.92. The minimum absolute atomic E-state index is 0.285. The van der Waals surface area contributed by atoms with E-state index in [1.54, 1.807) is 0 Å². The second-order valence-electron chi connectivity index (χ2n) is 8.00. The lowest BCUT2D eigenvalue weighted by Crippen LogP contribution is -2.39. The summed E-state index contributed by atoms with van der Waals surface area (Å²) in [4.78, 5) is 0. The zero-order chi connectivity index (χ0) is 19.9. The Labute approximate surface area is 172 Å². The molecule has 28 heavy (non-hydrogen) atoms. The molecule has 0 radical (unpaired) electrons. The highest BCUT2D eigenvalue weighted by Crippen LogP contribution is 2.27. The minimum Gasteiger partial charge on any atom is -0.388 e. The largest absolute Gasteiger partial charge is 0.388 e. The molecule has 3 nitrogen and oxygen atoms in total. The van der Waals surface area contributed by atoms with Crippen molar-refractivity contribution < 1.29 is 14.6 Å². The van der Waals surface area contributed by atoms with Crippen molar-refractivity contribution in [3.05, 3.63) is 48.0 Å². The van der Waals surface area contributed by atoms with Crippen LogP contribution in [0.15, 0.2) is 42.5 Å². The van der Waals surface area contributed by atoms with Crippen molar-refractivity contribution in [2.24, 2.45) is 0 Å². The number of rotatable bonds is 14. The fraction of sp³-hybridized carbons (Fsp3) is 0.680. The number of ether oxygens (including phenoxy) is 2. The summed E-state index contributed by atoms with van der Waals surface area (Å²) in [5.74, 6) is 0. The van der Waals surface area contributed by atoms with Crippen LogP contribution in [0.5, 0.6) is 0 Å². The standard InChI is InChI=1S/C25H40O3/c1-2-3-4-5-6-7-8-9-10-11-12-13-17-20-24-23(26)21-27-25(28-24)22-18-15-14-16-19-22/h14-20,23-26H,2-13,21H2,1H3/t23-,24-,25?/m1/s1. The Hall–Kier alpha value is -1.16. The first-order valence-corrected chi connectivity index (χ1v) is 11.5. The number of aliphatic hydroxyl groups is 1. The fourth-order valence-electron chi connectivity index (χ4n) is 3.67. The lowest BCUT2D eigenvalue weighted by molar-refractivity contribution is -0.243. The van der Waals surface area contributed by atoms with Crippen LogP contribution >= 0.6 is 0 Å². The van der Waals surface area contributed by atoms with Gasteiger partial charge in [-0.2, -0.15) is 0 Å². The summed E-state index contributed by atoms with van der Waals surface area (Å²) < 4.78 is 11.6. The van der Waals surface area contributed by atoms with Gasteiger partial charge in [-0.3, -0.25) is 0 Å². The molecule has 0 saturated carbocycles. The molecular weight excluding hydrogens is 348 g/mol. The zero-order valence-corrected chi connectivity index (χ0v) is 17.7. The third kappa shape index (κ3) is 9.36. The molecule has 1 unspecified atom stereocenters. The van der Waals surface area contributed by atoms with Gasteiger partial charge in [-0.05, 0) is 12.8 Å². The SMILES string of the molecule is CCCCCCCCCCCCCC=C[C@H]1OC(c2ccccc2)OC[C@H]1O. The van der Waals surface area contributed by atoms with Crippen molar-refractivity contribution >= 4 is 0 Å². The Morgan fingerprint density at radius 2 is 1.50 bits per heavy atom. The van der Waals surface area contributed by atoms with Crippen LogP contribution in [0.3, 0.4) is 0 Å².